The first-order chi connectivity index (χ1) is 16.5. The monoisotopic (exact) mass is 492 g/mol. The van der Waals surface area contributed by atoms with Crippen LogP contribution in [0.4, 0.5) is 5.82 Å². The minimum atomic E-state index is -0.242. The maximum atomic E-state index is 13.5. The zero-order valence-corrected chi connectivity index (χ0v) is 20.3. The number of hydrogen-bond acceptors (Lipinski definition) is 7. The molecule has 1 N–H and O–H groups in total. The van der Waals surface area contributed by atoms with E-state index in [-0.39, 0.29) is 17.6 Å². The van der Waals surface area contributed by atoms with Gasteiger partial charge in [0.15, 0.2) is 0 Å². The molecule has 0 radical (unpaired) electrons. The van der Waals surface area contributed by atoms with Crippen LogP contribution in [0.25, 0.3) is 11.7 Å². The Morgan fingerprint density at radius 1 is 1.24 bits per heavy atom. The Labute approximate surface area is 206 Å². The lowest BCUT2D eigenvalue weighted by Crippen LogP contribution is -2.35. The van der Waals surface area contributed by atoms with Gasteiger partial charge in [-0.1, -0.05) is 60.4 Å². The van der Waals surface area contributed by atoms with E-state index in [0.717, 1.165) is 24.0 Å². The molecule has 0 saturated carbocycles. The van der Waals surface area contributed by atoms with Crippen molar-refractivity contribution in [2.75, 3.05) is 18.5 Å². The Bertz CT molecular complexity index is 1350. The van der Waals surface area contributed by atoms with Crippen molar-refractivity contribution in [1.82, 2.24) is 14.3 Å². The highest BCUT2D eigenvalue weighted by Crippen LogP contribution is 2.34. The fraction of sp³-hybridized carbons (Fsp3) is 0.280. The molecule has 4 heterocycles. The minimum absolute atomic E-state index is 0.000820. The van der Waals surface area contributed by atoms with Crippen LogP contribution < -0.4 is 10.9 Å². The summed E-state index contributed by atoms with van der Waals surface area (Å²) in [5, 5.41) is 3.30. The van der Waals surface area contributed by atoms with E-state index in [2.05, 4.69) is 5.32 Å². The summed E-state index contributed by atoms with van der Waals surface area (Å²) >= 11 is 6.69. The lowest BCUT2D eigenvalue weighted by atomic mass is 10.2. The van der Waals surface area contributed by atoms with Gasteiger partial charge in [-0.15, -0.1) is 0 Å². The van der Waals surface area contributed by atoms with E-state index in [0.29, 0.717) is 46.0 Å². The number of aromatic nitrogens is 2. The molecule has 1 aromatic carbocycles. The summed E-state index contributed by atoms with van der Waals surface area (Å²) in [5.74, 6) is 0.237. The Kier molecular flexibility index (Phi) is 6.49. The van der Waals surface area contributed by atoms with Crippen molar-refractivity contribution < 1.29 is 9.53 Å². The fourth-order valence-electron chi connectivity index (χ4n) is 4.14. The first kappa shape index (κ1) is 22.8. The number of pyridine rings is 1. The van der Waals surface area contributed by atoms with Gasteiger partial charge >= 0.3 is 0 Å². The van der Waals surface area contributed by atoms with Gasteiger partial charge in [-0.25, -0.2) is 4.98 Å². The molecule has 2 aliphatic rings. The molecule has 2 aromatic heterocycles. The van der Waals surface area contributed by atoms with Crippen LogP contribution >= 0.6 is 24.0 Å². The predicted octanol–water partition coefficient (Wildman–Crippen LogP) is 4.00. The standard InChI is InChI=1S/C25H24N4O3S2/c1-16-7-5-11-28-22(16)27-21(26-14-17-8-3-2-4-9-17)19(23(28)30)13-20-24(31)29(25(33)34-20)15-18-10-6-12-32-18/h2-5,7-9,11,13,18,26H,6,10,12,14-15H2,1H3. The van der Waals surface area contributed by atoms with Crippen molar-refractivity contribution in [3.63, 3.8) is 0 Å². The summed E-state index contributed by atoms with van der Waals surface area (Å²) in [5.41, 5.74) is 2.61. The van der Waals surface area contributed by atoms with Crippen molar-refractivity contribution >= 4 is 51.7 Å². The van der Waals surface area contributed by atoms with Gasteiger partial charge in [0, 0.05) is 19.3 Å². The number of fused-ring (bicyclic) bond motifs is 1. The molecule has 0 bridgehead atoms. The zero-order valence-electron chi connectivity index (χ0n) is 18.7. The number of amides is 1. The van der Waals surface area contributed by atoms with Gasteiger partial charge in [0.25, 0.3) is 11.5 Å². The first-order valence-corrected chi connectivity index (χ1v) is 12.4. The molecule has 2 fully saturated rings. The van der Waals surface area contributed by atoms with Crippen LogP contribution in [0.15, 0.2) is 58.4 Å². The van der Waals surface area contributed by atoms with E-state index >= 15 is 0 Å². The molecule has 1 amide bonds. The summed E-state index contributed by atoms with van der Waals surface area (Å²) in [6.45, 7) is 3.56. The Hall–Kier alpha value is -3.01. The zero-order chi connectivity index (χ0) is 23.7. The average molecular weight is 493 g/mol. The second-order valence-electron chi connectivity index (χ2n) is 8.33. The van der Waals surface area contributed by atoms with Gasteiger partial charge in [-0.05, 0) is 43.0 Å². The number of aryl methyl sites for hydroxylation is 1. The molecule has 1 unspecified atom stereocenters. The third-order valence-electron chi connectivity index (χ3n) is 5.95. The molecule has 2 aliphatic heterocycles. The van der Waals surface area contributed by atoms with E-state index < -0.39 is 0 Å². The largest absolute Gasteiger partial charge is 0.376 e. The summed E-state index contributed by atoms with van der Waals surface area (Å²) in [4.78, 5) is 33.4. The van der Waals surface area contributed by atoms with Crippen molar-refractivity contribution in [1.29, 1.82) is 0 Å². The molecule has 0 aliphatic carbocycles. The molecule has 7 nitrogen and oxygen atoms in total. The lowest BCUT2D eigenvalue weighted by molar-refractivity contribution is -0.123. The summed E-state index contributed by atoms with van der Waals surface area (Å²) < 4.78 is 7.68. The number of nitrogens with one attached hydrogen (secondary N) is 1. The number of thiocarbonyl (C=S) groups is 1. The maximum absolute atomic E-state index is 13.5. The highest BCUT2D eigenvalue weighted by atomic mass is 32.2. The Morgan fingerprint density at radius 2 is 2.06 bits per heavy atom. The predicted molar refractivity (Wildman–Crippen MR) is 139 cm³/mol. The van der Waals surface area contributed by atoms with Gasteiger partial charge in [0.05, 0.1) is 23.1 Å². The topological polar surface area (TPSA) is 75.9 Å². The van der Waals surface area contributed by atoms with Crippen LogP contribution in [-0.2, 0) is 16.1 Å². The van der Waals surface area contributed by atoms with E-state index in [1.54, 1.807) is 17.2 Å². The maximum Gasteiger partial charge on any atom is 0.267 e. The molecule has 34 heavy (non-hydrogen) atoms. The smallest absolute Gasteiger partial charge is 0.267 e. The molecule has 2 saturated heterocycles. The molecular weight excluding hydrogens is 468 g/mol. The minimum Gasteiger partial charge on any atom is -0.376 e. The molecule has 9 heteroatoms. The van der Waals surface area contributed by atoms with Crippen LogP contribution in [0.3, 0.4) is 0 Å². The van der Waals surface area contributed by atoms with Crippen molar-refractivity contribution in [3.05, 3.63) is 80.6 Å². The van der Waals surface area contributed by atoms with Crippen LogP contribution in [0.2, 0.25) is 0 Å². The van der Waals surface area contributed by atoms with E-state index in [4.69, 9.17) is 21.9 Å². The van der Waals surface area contributed by atoms with Gasteiger partial charge in [0.1, 0.15) is 15.8 Å². The highest BCUT2D eigenvalue weighted by molar-refractivity contribution is 8.26. The summed E-state index contributed by atoms with van der Waals surface area (Å²) in [6.07, 6.45) is 5.22. The second-order valence-corrected chi connectivity index (χ2v) is 10.0. The first-order valence-electron chi connectivity index (χ1n) is 11.2. The van der Waals surface area contributed by atoms with E-state index in [9.17, 15) is 9.59 Å². The number of carbonyl (C=O) groups is 1. The van der Waals surface area contributed by atoms with E-state index in [1.165, 1.54) is 16.2 Å². The van der Waals surface area contributed by atoms with Gasteiger partial charge < -0.3 is 10.1 Å². The summed E-state index contributed by atoms with van der Waals surface area (Å²) in [7, 11) is 0. The number of ether oxygens (including phenoxy) is 1. The lowest BCUT2D eigenvalue weighted by Gasteiger charge is -2.18. The quantitative estimate of drug-likeness (QED) is 0.412. The number of anilines is 1. The Morgan fingerprint density at radius 3 is 2.82 bits per heavy atom. The van der Waals surface area contributed by atoms with Crippen molar-refractivity contribution in [2.45, 2.75) is 32.4 Å². The molecule has 3 aromatic rings. The van der Waals surface area contributed by atoms with Crippen molar-refractivity contribution in [3.8, 4) is 0 Å². The molecule has 174 valence electrons. The number of carbonyl (C=O) groups excluding carboxylic acids is 1. The van der Waals surface area contributed by atoms with Crippen LogP contribution in [0.1, 0.15) is 29.5 Å². The number of rotatable bonds is 6. The summed E-state index contributed by atoms with van der Waals surface area (Å²) in [6, 6.07) is 13.6. The number of benzene rings is 1. The van der Waals surface area contributed by atoms with Crippen molar-refractivity contribution in [2.24, 2.45) is 0 Å². The third-order valence-corrected chi connectivity index (χ3v) is 7.32. The molecule has 5 rings (SSSR count). The van der Waals surface area contributed by atoms with Crippen LogP contribution in [-0.4, -0.2) is 43.8 Å². The van der Waals surface area contributed by atoms with Gasteiger partial charge in [-0.3, -0.25) is 18.9 Å². The van der Waals surface area contributed by atoms with Crippen LogP contribution in [0.5, 0.6) is 0 Å². The third kappa shape index (κ3) is 4.51. The average Bonchev–Trinajstić information content (AvgIpc) is 3.45. The molecule has 1 atom stereocenters. The van der Waals surface area contributed by atoms with Gasteiger partial charge in [-0.2, -0.15) is 0 Å². The Balaban J connectivity index is 1.53. The fourth-order valence-corrected chi connectivity index (χ4v) is 5.40. The number of nitrogens with zero attached hydrogens (tertiary/aromatic N) is 3. The molecular formula is C25H24N4O3S2. The normalized spacial score (nSPS) is 19.5. The second kappa shape index (κ2) is 9.69. The van der Waals surface area contributed by atoms with Crippen LogP contribution in [0, 0.1) is 6.92 Å². The highest BCUT2D eigenvalue weighted by Gasteiger charge is 2.35. The number of hydrogen-bond donors (Lipinski definition) is 1. The number of thioether (sulfide) groups is 1. The SMILES string of the molecule is Cc1cccn2c(=O)c(C=C3SC(=S)N(CC4CCCO4)C3=O)c(NCc3ccccc3)nc12. The molecule has 0 spiro atoms. The van der Waals surface area contributed by atoms with E-state index in [1.807, 2.05) is 49.4 Å². The van der Waals surface area contributed by atoms with Gasteiger partial charge in [0.2, 0.25) is 0 Å².